The number of hydrogen-bond donors (Lipinski definition) is 1. The van der Waals surface area contributed by atoms with Crippen molar-refractivity contribution in [3.63, 3.8) is 0 Å². The number of H-pyrrole nitrogens is 1. The molecule has 5 rings (SSSR count). The van der Waals surface area contributed by atoms with Gasteiger partial charge in [-0.2, -0.15) is 0 Å². The number of nitrogens with one attached hydrogen (secondary N) is 1. The topological polar surface area (TPSA) is 71.0 Å². The van der Waals surface area contributed by atoms with Gasteiger partial charge in [-0.05, 0) is 43.5 Å². The first kappa shape index (κ1) is 20.2. The molecule has 0 unspecified atom stereocenters. The van der Waals surface area contributed by atoms with E-state index in [0.29, 0.717) is 26.9 Å². The van der Waals surface area contributed by atoms with Crippen LogP contribution in [0.5, 0.6) is 0 Å². The lowest BCUT2D eigenvalue weighted by Crippen LogP contribution is -2.36. The number of piperidine rings is 1. The Morgan fingerprint density at radius 1 is 1.10 bits per heavy atom. The Hall–Kier alpha value is -2.77. The second-order valence-corrected chi connectivity index (χ2v) is 9.02. The summed E-state index contributed by atoms with van der Waals surface area (Å²) in [5.74, 6) is 0.316. The maximum atomic E-state index is 13.5. The Kier molecular flexibility index (Phi) is 5.46. The third kappa shape index (κ3) is 3.83. The minimum atomic E-state index is -0.212. The lowest BCUT2D eigenvalue weighted by molar-refractivity contribution is -0.129. The summed E-state index contributed by atoms with van der Waals surface area (Å²) in [6, 6.07) is 14.8. The van der Waals surface area contributed by atoms with Crippen LogP contribution >= 0.6 is 23.4 Å². The summed E-state index contributed by atoms with van der Waals surface area (Å²) in [6.07, 6.45) is 3.26. The van der Waals surface area contributed by atoms with Gasteiger partial charge >= 0.3 is 0 Å². The second-order valence-electron chi connectivity index (χ2n) is 7.64. The van der Waals surface area contributed by atoms with Crippen molar-refractivity contribution in [1.29, 1.82) is 0 Å². The van der Waals surface area contributed by atoms with Gasteiger partial charge in [-0.3, -0.25) is 14.2 Å². The molecule has 1 aliphatic heterocycles. The van der Waals surface area contributed by atoms with Gasteiger partial charge in [0.2, 0.25) is 5.91 Å². The normalized spacial score (nSPS) is 14.4. The van der Waals surface area contributed by atoms with E-state index >= 15 is 0 Å². The van der Waals surface area contributed by atoms with E-state index < -0.39 is 0 Å². The van der Waals surface area contributed by atoms with Gasteiger partial charge in [-0.15, -0.1) is 0 Å². The molecule has 1 aliphatic rings. The third-order valence-electron chi connectivity index (χ3n) is 5.59. The van der Waals surface area contributed by atoms with E-state index in [2.05, 4.69) is 4.98 Å². The first-order chi connectivity index (χ1) is 15.1. The van der Waals surface area contributed by atoms with Crippen molar-refractivity contribution < 1.29 is 4.79 Å². The van der Waals surface area contributed by atoms with E-state index in [9.17, 15) is 9.59 Å². The highest BCUT2D eigenvalue weighted by atomic mass is 35.5. The fourth-order valence-electron chi connectivity index (χ4n) is 4.04. The summed E-state index contributed by atoms with van der Waals surface area (Å²) >= 11 is 7.49. The standard InChI is InChI=1S/C23H21ClN4O2S/c24-15-7-6-8-16(13-15)28-22(30)21-20(17-9-2-3-10-18(17)25-21)26-23(28)31-14-19(29)27-11-4-1-5-12-27/h2-3,6-10,13,25H,1,4-5,11-12,14H2. The van der Waals surface area contributed by atoms with Gasteiger partial charge in [0.15, 0.2) is 5.16 Å². The molecular formula is C23H21ClN4O2S. The lowest BCUT2D eigenvalue weighted by atomic mass is 10.1. The lowest BCUT2D eigenvalue weighted by Gasteiger charge is -2.26. The number of hydrogen-bond acceptors (Lipinski definition) is 4. The number of benzene rings is 2. The third-order valence-corrected chi connectivity index (χ3v) is 6.75. The molecule has 4 aromatic rings. The highest BCUT2D eigenvalue weighted by molar-refractivity contribution is 7.99. The molecule has 0 aliphatic carbocycles. The SMILES string of the molecule is O=C(CSc1nc2c([nH]c3ccccc32)c(=O)n1-c1cccc(Cl)c1)N1CCCCC1. The number of carbonyl (C=O) groups excluding carboxylic acids is 1. The van der Waals surface area contributed by atoms with Gasteiger partial charge < -0.3 is 9.88 Å². The van der Waals surface area contributed by atoms with Crippen molar-refractivity contribution in [1.82, 2.24) is 19.4 Å². The number of thioether (sulfide) groups is 1. The van der Waals surface area contributed by atoms with Gasteiger partial charge in [0.25, 0.3) is 5.56 Å². The van der Waals surface area contributed by atoms with Gasteiger partial charge in [-0.25, -0.2) is 4.98 Å². The van der Waals surface area contributed by atoms with E-state index in [1.54, 1.807) is 18.2 Å². The van der Waals surface area contributed by atoms with Crippen LogP contribution in [0.25, 0.3) is 27.6 Å². The molecule has 0 bridgehead atoms. The maximum Gasteiger partial charge on any atom is 0.283 e. The highest BCUT2D eigenvalue weighted by Crippen LogP contribution is 2.27. The molecule has 0 radical (unpaired) electrons. The Bertz CT molecular complexity index is 1340. The summed E-state index contributed by atoms with van der Waals surface area (Å²) < 4.78 is 1.54. The van der Waals surface area contributed by atoms with Crippen LogP contribution in [0.2, 0.25) is 5.02 Å². The fourth-order valence-corrected chi connectivity index (χ4v) is 5.14. The van der Waals surface area contributed by atoms with E-state index in [0.717, 1.165) is 36.8 Å². The number of likely N-dealkylation sites (tertiary alicyclic amines) is 1. The summed E-state index contributed by atoms with van der Waals surface area (Å²) in [7, 11) is 0. The van der Waals surface area contributed by atoms with E-state index in [1.807, 2.05) is 35.2 Å². The zero-order valence-corrected chi connectivity index (χ0v) is 18.4. The molecule has 2 aromatic heterocycles. The van der Waals surface area contributed by atoms with Crippen molar-refractivity contribution in [3.05, 3.63) is 63.9 Å². The van der Waals surface area contributed by atoms with E-state index in [-0.39, 0.29) is 17.2 Å². The van der Waals surface area contributed by atoms with Crippen LogP contribution in [0.4, 0.5) is 0 Å². The molecule has 1 saturated heterocycles. The van der Waals surface area contributed by atoms with Crippen LogP contribution in [-0.4, -0.2) is 44.2 Å². The molecule has 1 N–H and O–H groups in total. The second kappa shape index (κ2) is 8.40. The van der Waals surface area contributed by atoms with Crippen molar-refractivity contribution in [2.75, 3.05) is 18.8 Å². The first-order valence-corrected chi connectivity index (χ1v) is 11.7. The maximum absolute atomic E-state index is 13.5. The molecular weight excluding hydrogens is 432 g/mol. The van der Waals surface area contributed by atoms with Crippen molar-refractivity contribution >= 4 is 51.2 Å². The van der Waals surface area contributed by atoms with E-state index in [1.165, 1.54) is 22.7 Å². The molecule has 1 amide bonds. The van der Waals surface area contributed by atoms with Crippen LogP contribution in [0.3, 0.4) is 0 Å². The Labute approximate surface area is 188 Å². The molecule has 2 aromatic carbocycles. The number of aromatic nitrogens is 3. The van der Waals surface area contributed by atoms with Gasteiger partial charge in [-0.1, -0.05) is 47.6 Å². The van der Waals surface area contributed by atoms with Crippen LogP contribution in [-0.2, 0) is 4.79 Å². The summed E-state index contributed by atoms with van der Waals surface area (Å²) in [6.45, 7) is 1.60. The molecule has 31 heavy (non-hydrogen) atoms. The summed E-state index contributed by atoms with van der Waals surface area (Å²) in [4.78, 5) is 36.2. The number of nitrogens with zero attached hydrogens (tertiary/aromatic N) is 3. The van der Waals surface area contributed by atoms with Gasteiger partial charge in [0.1, 0.15) is 11.0 Å². The quantitative estimate of drug-likeness (QED) is 0.362. The molecule has 6 nitrogen and oxygen atoms in total. The first-order valence-electron chi connectivity index (χ1n) is 10.3. The summed E-state index contributed by atoms with van der Waals surface area (Å²) in [5, 5.41) is 1.90. The monoisotopic (exact) mass is 452 g/mol. The fraction of sp³-hybridized carbons (Fsp3) is 0.261. The number of rotatable bonds is 4. The summed E-state index contributed by atoms with van der Waals surface area (Å²) in [5.41, 5.74) is 2.32. The molecule has 8 heteroatoms. The largest absolute Gasteiger partial charge is 0.349 e. The zero-order chi connectivity index (χ0) is 21.4. The predicted octanol–water partition coefficient (Wildman–Crippen LogP) is 4.63. The number of amides is 1. The molecule has 158 valence electrons. The average Bonchev–Trinajstić information content (AvgIpc) is 3.17. The van der Waals surface area contributed by atoms with E-state index in [4.69, 9.17) is 16.6 Å². The molecule has 3 heterocycles. The zero-order valence-electron chi connectivity index (χ0n) is 16.8. The predicted molar refractivity (Wildman–Crippen MR) is 125 cm³/mol. The number of aromatic amines is 1. The highest BCUT2D eigenvalue weighted by Gasteiger charge is 2.21. The minimum Gasteiger partial charge on any atom is -0.349 e. The molecule has 1 fully saturated rings. The van der Waals surface area contributed by atoms with Crippen LogP contribution in [0, 0.1) is 0 Å². The molecule has 0 spiro atoms. The number of halogens is 1. The number of carbonyl (C=O) groups is 1. The van der Waals surface area contributed by atoms with Gasteiger partial charge in [0.05, 0.1) is 11.4 Å². The van der Waals surface area contributed by atoms with Crippen molar-refractivity contribution in [2.45, 2.75) is 24.4 Å². The molecule has 0 atom stereocenters. The van der Waals surface area contributed by atoms with Gasteiger partial charge in [0, 0.05) is 29.0 Å². The number of para-hydroxylation sites is 1. The smallest absolute Gasteiger partial charge is 0.283 e. The Morgan fingerprint density at radius 3 is 2.71 bits per heavy atom. The molecule has 0 saturated carbocycles. The average molecular weight is 453 g/mol. The Balaban J connectivity index is 1.61. The van der Waals surface area contributed by atoms with Crippen LogP contribution in [0.15, 0.2) is 58.5 Å². The van der Waals surface area contributed by atoms with Crippen LogP contribution < -0.4 is 5.56 Å². The Morgan fingerprint density at radius 2 is 1.90 bits per heavy atom. The number of fused-ring (bicyclic) bond motifs is 3. The van der Waals surface area contributed by atoms with Crippen molar-refractivity contribution in [2.24, 2.45) is 0 Å². The van der Waals surface area contributed by atoms with Crippen molar-refractivity contribution in [3.8, 4) is 5.69 Å². The minimum absolute atomic E-state index is 0.0793. The van der Waals surface area contributed by atoms with Crippen LogP contribution in [0.1, 0.15) is 19.3 Å².